The minimum Gasteiger partial charge on any atom is -0.484 e. The van der Waals surface area contributed by atoms with Gasteiger partial charge in [0, 0.05) is 25.2 Å². The van der Waals surface area contributed by atoms with E-state index in [0.29, 0.717) is 18.8 Å². The number of ether oxygens (including phenoxy) is 1. The predicted octanol–water partition coefficient (Wildman–Crippen LogP) is 3.92. The molecule has 0 aromatic heterocycles. The average molecular weight is 406 g/mol. The Balaban J connectivity index is 1.53. The number of anilines is 1. The summed E-state index contributed by atoms with van der Waals surface area (Å²) in [6, 6.07) is 13.5. The molecule has 1 heterocycles. The summed E-state index contributed by atoms with van der Waals surface area (Å²) in [4.78, 5) is 26.4. The molecular weight excluding hydrogens is 385 g/mol. The number of carbonyl (C=O) groups excluding carboxylic acids is 2. The molecule has 0 spiro atoms. The van der Waals surface area contributed by atoms with Crippen LogP contribution in [0.25, 0.3) is 0 Å². The number of alkyl halides is 3. The maximum absolute atomic E-state index is 12.5. The number of carbonyl (C=O) groups is 2. The zero-order chi connectivity index (χ0) is 21.0. The van der Waals surface area contributed by atoms with Crippen molar-refractivity contribution in [2.45, 2.75) is 26.1 Å². The number of nitrogens with zero attached hydrogens (tertiary/aromatic N) is 1. The molecule has 29 heavy (non-hydrogen) atoms. The lowest BCUT2D eigenvalue weighted by Crippen LogP contribution is -2.28. The highest BCUT2D eigenvalue weighted by Crippen LogP contribution is 2.24. The van der Waals surface area contributed by atoms with Crippen molar-refractivity contribution in [3.8, 4) is 5.75 Å². The smallest absolute Gasteiger partial charge is 0.422 e. The maximum Gasteiger partial charge on any atom is 0.422 e. The second-order valence-electron chi connectivity index (χ2n) is 7.08. The summed E-state index contributed by atoms with van der Waals surface area (Å²) in [6.07, 6.45) is -4.28. The zero-order valence-corrected chi connectivity index (χ0v) is 15.8. The highest BCUT2D eigenvalue weighted by atomic mass is 19.4. The first-order valence-corrected chi connectivity index (χ1v) is 9.13. The van der Waals surface area contributed by atoms with E-state index in [1.54, 1.807) is 4.90 Å². The molecule has 2 aromatic rings. The lowest BCUT2D eigenvalue weighted by atomic mass is 10.1. The normalized spacial score (nSPS) is 16.8. The lowest BCUT2D eigenvalue weighted by Gasteiger charge is -2.17. The Kier molecular flexibility index (Phi) is 6.10. The van der Waals surface area contributed by atoms with Crippen LogP contribution in [-0.2, 0) is 16.1 Å². The molecular formula is C21H21F3N2O3. The Hall–Kier alpha value is -3.03. The van der Waals surface area contributed by atoms with Crippen LogP contribution in [0.4, 0.5) is 18.9 Å². The fraction of sp³-hybridized carbons (Fsp3) is 0.333. The van der Waals surface area contributed by atoms with Crippen LogP contribution in [0.1, 0.15) is 17.5 Å². The van der Waals surface area contributed by atoms with Gasteiger partial charge in [-0.15, -0.1) is 0 Å². The first-order chi connectivity index (χ1) is 13.7. The minimum absolute atomic E-state index is 0.0561. The standard InChI is InChI=1S/C21H21F3N2O3/c1-14-2-4-15(5-3-14)11-26-12-16(10-19(26)27)20(28)25-17-6-8-18(9-7-17)29-13-21(22,23)24/h2-9,16H,10-13H2,1H3,(H,25,28). The first-order valence-electron chi connectivity index (χ1n) is 9.13. The van der Waals surface area contributed by atoms with Gasteiger partial charge in [0.05, 0.1) is 5.92 Å². The number of hydrogen-bond donors (Lipinski definition) is 1. The fourth-order valence-corrected chi connectivity index (χ4v) is 3.06. The van der Waals surface area contributed by atoms with Crippen molar-refractivity contribution in [3.05, 3.63) is 59.7 Å². The zero-order valence-electron chi connectivity index (χ0n) is 15.8. The van der Waals surface area contributed by atoms with Crippen LogP contribution in [0.15, 0.2) is 48.5 Å². The molecule has 1 fully saturated rings. The first kappa shape index (κ1) is 20.7. The summed E-state index contributed by atoms with van der Waals surface area (Å²) in [6.45, 7) is 1.39. The highest BCUT2D eigenvalue weighted by Gasteiger charge is 2.34. The molecule has 0 radical (unpaired) electrons. The molecule has 3 rings (SSSR count). The van der Waals surface area contributed by atoms with E-state index >= 15 is 0 Å². The van der Waals surface area contributed by atoms with E-state index in [0.717, 1.165) is 11.1 Å². The van der Waals surface area contributed by atoms with Gasteiger partial charge < -0.3 is 15.0 Å². The summed E-state index contributed by atoms with van der Waals surface area (Å²) in [5.74, 6) is -0.801. The van der Waals surface area contributed by atoms with Gasteiger partial charge in [0.2, 0.25) is 11.8 Å². The van der Waals surface area contributed by atoms with E-state index < -0.39 is 18.7 Å². The number of hydrogen-bond acceptors (Lipinski definition) is 3. The number of amides is 2. The Morgan fingerprint density at radius 1 is 1.14 bits per heavy atom. The Bertz CT molecular complexity index is 864. The van der Waals surface area contributed by atoms with Crippen LogP contribution >= 0.6 is 0 Å². The Morgan fingerprint density at radius 3 is 2.41 bits per heavy atom. The van der Waals surface area contributed by atoms with Gasteiger partial charge in [0.25, 0.3) is 0 Å². The van der Waals surface area contributed by atoms with E-state index in [4.69, 9.17) is 0 Å². The molecule has 2 aromatic carbocycles. The number of aryl methyl sites for hydroxylation is 1. The van der Waals surface area contributed by atoms with E-state index in [-0.39, 0.29) is 24.0 Å². The maximum atomic E-state index is 12.5. The molecule has 0 bridgehead atoms. The second kappa shape index (κ2) is 8.55. The Morgan fingerprint density at radius 2 is 1.79 bits per heavy atom. The van der Waals surface area contributed by atoms with Crippen molar-refractivity contribution in [1.82, 2.24) is 4.90 Å². The average Bonchev–Trinajstić information content (AvgIpc) is 3.03. The number of halogens is 3. The SMILES string of the molecule is Cc1ccc(CN2CC(C(=O)Nc3ccc(OCC(F)(F)F)cc3)CC2=O)cc1. The van der Waals surface area contributed by atoms with Crippen molar-refractivity contribution in [1.29, 1.82) is 0 Å². The lowest BCUT2D eigenvalue weighted by molar-refractivity contribution is -0.153. The molecule has 2 amide bonds. The topological polar surface area (TPSA) is 58.6 Å². The van der Waals surface area contributed by atoms with Crippen LogP contribution in [0, 0.1) is 12.8 Å². The largest absolute Gasteiger partial charge is 0.484 e. The molecule has 1 N–H and O–H groups in total. The number of nitrogens with one attached hydrogen (secondary N) is 1. The number of likely N-dealkylation sites (tertiary alicyclic amines) is 1. The third-order valence-electron chi connectivity index (χ3n) is 4.60. The molecule has 1 unspecified atom stereocenters. The van der Waals surface area contributed by atoms with Crippen molar-refractivity contribution in [2.24, 2.45) is 5.92 Å². The molecule has 0 aliphatic carbocycles. The molecule has 1 saturated heterocycles. The van der Waals surface area contributed by atoms with Gasteiger partial charge in [-0.25, -0.2) is 0 Å². The number of benzene rings is 2. The predicted molar refractivity (Wildman–Crippen MR) is 101 cm³/mol. The van der Waals surface area contributed by atoms with Crippen molar-refractivity contribution < 1.29 is 27.5 Å². The molecule has 1 aliphatic heterocycles. The van der Waals surface area contributed by atoms with Crippen LogP contribution < -0.4 is 10.1 Å². The van der Waals surface area contributed by atoms with Gasteiger partial charge in [0.1, 0.15) is 5.75 Å². The summed E-state index contributed by atoms with van der Waals surface area (Å²) >= 11 is 0. The molecule has 154 valence electrons. The van der Waals surface area contributed by atoms with E-state index in [9.17, 15) is 22.8 Å². The van der Waals surface area contributed by atoms with Gasteiger partial charge in [0.15, 0.2) is 6.61 Å². The second-order valence-corrected chi connectivity index (χ2v) is 7.08. The van der Waals surface area contributed by atoms with E-state index in [2.05, 4.69) is 10.1 Å². The fourth-order valence-electron chi connectivity index (χ4n) is 3.06. The van der Waals surface area contributed by atoms with Gasteiger partial charge >= 0.3 is 6.18 Å². The van der Waals surface area contributed by atoms with E-state index in [1.165, 1.54) is 24.3 Å². The van der Waals surface area contributed by atoms with E-state index in [1.807, 2.05) is 31.2 Å². The van der Waals surface area contributed by atoms with Crippen LogP contribution in [0.5, 0.6) is 5.75 Å². The van der Waals surface area contributed by atoms with Crippen LogP contribution in [0.2, 0.25) is 0 Å². The summed E-state index contributed by atoms with van der Waals surface area (Å²) in [5, 5.41) is 2.70. The molecule has 5 nitrogen and oxygen atoms in total. The quantitative estimate of drug-likeness (QED) is 0.791. The highest BCUT2D eigenvalue weighted by molar-refractivity contribution is 5.97. The van der Waals surface area contributed by atoms with Crippen LogP contribution in [0.3, 0.4) is 0 Å². The van der Waals surface area contributed by atoms with Gasteiger partial charge in [-0.2, -0.15) is 13.2 Å². The van der Waals surface area contributed by atoms with Crippen molar-refractivity contribution >= 4 is 17.5 Å². The van der Waals surface area contributed by atoms with Crippen LogP contribution in [-0.4, -0.2) is 36.0 Å². The third-order valence-corrected chi connectivity index (χ3v) is 4.60. The summed E-state index contributed by atoms with van der Waals surface area (Å²) < 4.78 is 41.1. The number of rotatable bonds is 6. The molecule has 1 atom stereocenters. The van der Waals surface area contributed by atoms with Gasteiger partial charge in [-0.05, 0) is 36.8 Å². The monoisotopic (exact) mass is 406 g/mol. The Labute approximate surface area is 166 Å². The summed E-state index contributed by atoms with van der Waals surface area (Å²) in [5.41, 5.74) is 2.56. The third kappa shape index (κ3) is 5.97. The molecule has 0 saturated carbocycles. The molecule has 8 heteroatoms. The summed E-state index contributed by atoms with van der Waals surface area (Å²) in [7, 11) is 0. The van der Waals surface area contributed by atoms with Gasteiger partial charge in [-0.1, -0.05) is 29.8 Å². The molecule has 1 aliphatic rings. The minimum atomic E-state index is -4.41. The van der Waals surface area contributed by atoms with Crippen molar-refractivity contribution in [2.75, 3.05) is 18.5 Å². The van der Waals surface area contributed by atoms with Crippen molar-refractivity contribution in [3.63, 3.8) is 0 Å². The van der Waals surface area contributed by atoms with Gasteiger partial charge in [-0.3, -0.25) is 9.59 Å².